The first-order valence-electron chi connectivity index (χ1n) is 12.0. The second kappa shape index (κ2) is 10.8. The van der Waals surface area contributed by atoms with Gasteiger partial charge in [-0.2, -0.15) is 0 Å². The summed E-state index contributed by atoms with van der Waals surface area (Å²) in [4.78, 5) is 0.0192. The van der Waals surface area contributed by atoms with Crippen molar-refractivity contribution in [3.63, 3.8) is 0 Å². The zero-order valence-corrected chi connectivity index (χ0v) is 22.6. The summed E-state index contributed by atoms with van der Waals surface area (Å²) in [5.74, 6) is 2.03. The van der Waals surface area contributed by atoms with Crippen molar-refractivity contribution in [2.45, 2.75) is 19.6 Å². The molecule has 0 amide bonds. The quantitative estimate of drug-likeness (QED) is 0.213. The van der Waals surface area contributed by atoms with Crippen molar-refractivity contribution in [1.82, 2.24) is 0 Å². The fraction of sp³-hybridized carbons (Fsp3) is 0. The zero-order valence-electron chi connectivity index (χ0n) is 21.0. The van der Waals surface area contributed by atoms with Gasteiger partial charge in [0.1, 0.15) is 23.0 Å². The second-order valence-electron chi connectivity index (χ2n) is 8.76. The van der Waals surface area contributed by atoms with Gasteiger partial charge in [0.05, 0.1) is 19.6 Å². The summed E-state index contributed by atoms with van der Waals surface area (Å²) < 4.78 is 64.0. The highest BCUT2D eigenvalue weighted by atomic mass is 32.2. The molecule has 5 rings (SSSR count). The largest absolute Gasteiger partial charge is 0.457 e. The minimum absolute atomic E-state index is 0.0362. The van der Waals surface area contributed by atoms with E-state index in [0.717, 1.165) is 0 Å². The summed E-state index contributed by atoms with van der Waals surface area (Å²) in [7, 11) is -7.78. The lowest BCUT2D eigenvalue weighted by Gasteiger charge is -2.10. The number of hydrogen-bond acceptors (Lipinski definition) is 8. The van der Waals surface area contributed by atoms with Crippen molar-refractivity contribution in [3.8, 4) is 23.0 Å². The lowest BCUT2D eigenvalue weighted by atomic mass is 10.3. The van der Waals surface area contributed by atoms with Crippen molar-refractivity contribution in [2.24, 2.45) is 0 Å². The molecule has 202 valence electrons. The summed E-state index contributed by atoms with van der Waals surface area (Å²) >= 11 is 0. The van der Waals surface area contributed by atoms with Gasteiger partial charge in [-0.3, -0.25) is 0 Å². The summed E-state index contributed by atoms with van der Waals surface area (Å²) in [6.45, 7) is 0. The molecule has 5 aromatic carbocycles. The Bertz CT molecular complexity index is 1700. The molecule has 0 atom stereocenters. The molecule has 0 aliphatic rings. The van der Waals surface area contributed by atoms with Gasteiger partial charge < -0.3 is 20.9 Å². The Morgan fingerprint density at radius 1 is 0.350 bits per heavy atom. The molecule has 0 saturated carbocycles. The maximum Gasteiger partial charge on any atom is 0.206 e. The summed E-state index contributed by atoms with van der Waals surface area (Å²) in [6.07, 6.45) is 0. The van der Waals surface area contributed by atoms with Crippen molar-refractivity contribution in [1.29, 1.82) is 0 Å². The van der Waals surface area contributed by atoms with E-state index in [1.54, 1.807) is 72.8 Å². The van der Waals surface area contributed by atoms with Crippen LogP contribution < -0.4 is 20.9 Å². The first-order chi connectivity index (χ1) is 19.1. The molecule has 0 radical (unpaired) electrons. The van der Waals surface area contributed by atoms with E-state index in [1.807, 2.05) is 0 Å². The van der Waals surface area contributed by atoms with Crippen LogP contribution in [0.1, 0.15) is 0 Å². The predicted octanol–water partition coefficient (Wildman–Crippen LogP) is 6.10. The van der Waals surface area contributed by atoms with Gasteiger partial charge >= 0.3 is 0 Å². The normalized spacial score (nSPS) is 11.6. The van der Waals surface area contributed by atoms with Gasteiger partial charge in [-0.1, -0.05) is 0 Å². The van der Waals surface area contributed by atoms with Gasteiger partial charge in [0.25, 0.3) is 0 Å². The number of hydrogen-bond donors (Lipinski definition) is 2. The van der Waals surface area contributed by atoms with Crippen molar-refractivity contribution >= 4 is 31.0 Å². The Hall–Kier alpha value is -4.80. The minimum atomic E-state index is -3.89. The summed E-state index contributed by atoms with van der Waals surface area (Å²) in [5.41, 5.74) is 12.6. The number of nitrogen functional groups attached to an aromatic ring is 2. The van der Waals surface area contributed by atoms with Gasteiger partial charge in [0, 0.05) is 11.4 Å². The van der Waals surface area contributed by atoms with E-state index < -0.39 is 19.7 Å². The van der Waals surface area contributed by atoms with E-state index in [2.05, 4.69) is 0 Å². The summed E-state index contributed by atoms with van der Waals surface area (Å²) in [5, 5.41) is 0. The third-order valence-corrected chi connectivity index (χ3v) is 9.52. The Morgan fingerprint density at radius 2 is 0.550 bits per heavy atom. The minimum Gasteiger partial charge on any atom is -0.457 e. The smallest absolute Gasteiger partial charge is 0.206 e. The van der Waals surface area contributed by atoms with Crippen molar-refractivity contribution in [3.05, 3.63) is 121 Å². The monoisotopic (exact) mass is 572 g/mol. The molecule has 40 heavy (non-hydrogen) atoms. The molecule has 0 heterocycles. The average molecular weight is 573 g/mol. The molecule has 0 aromatic heterocycles. The van der Waals surface area contributed by atoms with Crippen LogP contribution in [-0.4, -0.2) is 16.8 Å². The van der Waals surface area contributed by atoms with E-state index in [0.29, 0.717) is 34.4 Å². The first-order valence-corrected chi connectivity index (χ1v) is 15.0. The molecule has 0 unspecified atom stereocenters. The molecular formula is C30H24N2O6S2. The standard InChI is InChI=1S/C30H24N2O6S2/c31-21-1-5-23(6-2-21)37-25-9-13-27(14-10-25)39(33,34)29-17-19-30(20-18-29)40(35,36)28-15-11-26(12-16-28)38-24-7-3-22(32)4-8-24/h1-20H,31-32H2. The van der Waals surface area contributed by atoms with Crippen molar-refractivity contribution < 1.29 is 26.3 Å². The highest BCUT2D eigenvalue weighted by molar-refractivity contribution is 7.92. The molecule has 0 aliphatic heterocycles. The van der Waals surface area contributed by atoms with E-state index in [-0.39, 0.29) is 19.6 Å². The predicted molar refractivity (Wildman–Crippen MR) is 152 cm³/mol. The number of benzene rings is 5. The van der Waals surface area contributed by atoms with Crippen molar-refractivity contribution in [2.75, 3.05) is 11.5 Å². The highest BCUT2D eigenvalue weighted by Crippen LogP contribution is 2.30. The van der Waals surface area contributed by atoms with E-state index >= 15 is 0 Å². The molecule has 0 saturated heterocycles. The van der Waals surface area contributed by atoms with Gasteiger partial charge in [-0.05, 0) is 121 Å². The van der Waals surface area contributed by atoms with Crippen LogP contribution in [0.3, 0.4) is 0 Å². The fourth-order valence-corrected chi connectivity index (χ4v) is 6.31. The molecule has 0 aliphatic carbocycles. The first kappa shape index (κ1) is 26.8. The Balaban J connectivity index is 1.30. The molecule has 0 fully saturated rings. The fourth-order valence-electron chi connectivity index (χ4n) is 3.79. The van der Waals surface area contributed by atoms with Gasteiger partial charge in [-0.25, -0.2) is 16.8 Å². The van der Waals surface area contributed by atoms with Crippen LogP contribution in [-0.2, 0) is 19.7 Å². The molecule has 0 spiro atoms. The van der Waals surface area contributed by atoms with Crippen LogP contribution >= 0.6 is 0 Å². The third kappa shape index (κ3) is 5.78. The van der Waals surface area contributed by atoms with Crippen LogP contribution in [0.15, 0.2) is 141 Å². The SMILES string of the molecule is Nc1ccc(Oc2ccc(S(=O)(=O)c3ccc(S(=O)(=O)c4ccc(Oc5ccc(N)cc5)cc4)cc3)cc2)cc1. The second-order valence-corrected chi connectivity index (χ2v) is 12.7. The molecule has 10 heteroatoms. The number of ether oxygens (including phenoxy) is 2. The lowest BCUT2D eigenvalue weighted by molar-refractivity contribution is 0.482. The summed E-state index contributed by atoms with van der Waals surface area (Å²) in [6, 6.07) is 30.6. The highest BCUT2D eigenvalue weighted by Gasteiger charge is 2.22. The third-order valence-electron chi connectivity index (χ3n) is 5.94. The van der Waals surface area contributed by atoms with Crippen LogP contribution in [0.4, 0.5) is 11.4 Å². The van der Waals surface area contributed by atoms with Gasteiger partial charge in [0.15, 0.2) is 0 Å². The maximum atomic E-state index is 13.2. The van der Waals surface area contributed by atoms with Gasteiger partial charge in [-0.15, -0.1) is 0 Å². The number of rotatable bonds is 8. The van der Waals surface area contributed by atoms with Crippen LogP contribution in [0, 0.1) is 0 Å². The van der Waals surface area contributed by atoms with Gasteiger partial charge in [0.2, 0.25) is 19.7 Å². The number of nitrogens with two attached hydrogens (primary N) is 2. The van der Waals surface area contributed by atoms with E-state index in [4.69, 9.17) is 20.9 Å². The lowest BCUT2D eigenvalue weighted by Crippen LogP contribution is -2.05. The van der Waals surface area contributed by atoms with E-state index in [9.17, 15) is 16.8 Å². The van der Waals surface area contributed by atoms with Crippen LogP contribution in [0.25, 0.3) is 0 Å². The molecule has 8 nitrogen and oxygen atoms in total. The Labute approximate surface area is 232 Å². The topological polar surface area (TPSA) is 139 Å². The van der Waals surface area contributed by atoms with Crippen LogP contribution in [0.5, 0.6) is 23.0 Å². The molecule has 0 bridgehead atoms. The zero-order chi connectivity index (χ0) is 28.3. The molecular weight excluding hydrogens is 548 g/mol. The maximum absolute atomic E-state index is 13.2. The Morgan fingerprint density at radius 3 is 0.800 bits per heavy atom. The average Bonchev–Trinajstić information content (AvgIpc) is 2.96. The molecule has 4 N–H and O–H groups in total. The number of anilines is 2. The molecule has 5 aromatic rings. The number of sulfone groups is 2. The Kier molecular flexibility index (Phi) is 7.20. The van der Waals surface area contributed by atoms with E-state index in [1.165, 1.54) is 48.5 Å². The van der Waals surface area contributed by atoms with Crippen LogP contribution in [0.2, 0.25) is 0 Å².